The maximum absolute atomic E-state index is 13.2. The molecule has 2 aromatic carbocycles. The molecule has 7 nitrogen and oxygen atoms in total. The van der Waals surface area contributed by atoms with E-state index in [1.54, 1.807) is 41.3 Å². The molecule has 3 heterocycles. The summed E-state index contributed by atoms with van der Waals surface area (Å²) in [5, 5.41) is 10.4. The molecule has 0 unspecified atom stereocenters. The number of amides is 1. The summed E-state index contributed by atoms with van der Waals surface area (Å²) >= 11 is 0. The Morgan fingerprint density at radius 1 is 1.00 bits per heavy atom. The second kappa shape index (κ2) is 7.78. The summed E-state index contributed by atoms with van der Waals surface area (Å²) in [5.74, 6) is 0.292. The van der Waals surface area contributed by atoms with Crippen molar-refractivity contribution in [3.63, 3.8) is 0 Å². The number of aryl methyl sites for hydroxylation is 1. The minimum atomic E-state index is -3.65. The molecule has 162 valence electrons. The fraction of sp³-hybridized carbons (Fsp3) is 0.348. The molecule has 0 bridgehead atoms. The van der Waals surface area contributed by atoms with E-state index in [1.807, 2.05) is 12.1 Å². The number of aliphatic hydroxyl groups is 1. The van der Waals surface area contributed by atoms with Crippen molar-refractivity contribution in [3.05, 3.63) is 70.8 Å². The van der Waals surface area contributed by atoms with Gasteiger partial charge in [0, 0.05) is 32.2 Å². The Bertz CT molecular complexity index is 1140. The van der Waals surface area contributed by atoms with Crippen LogP contribution in [0, 0.1) is 0 Å². The summed E-state index contributed by atoms with van der Waals surface area (Å²) in [4.78, 5) is 14.6. The number of sulfonamides is 1. The second-order valence-corrected chi connectivity index (χ2v) is 10.1. The van der Waals surface area contributed by atoms with Crippen molar-refractivity contribution in [2.45, 2.75) is 23.8 Å². The molecule has 8 heteroatoms. The van der Waals surface area contributed by atoms with Crippen molar-refractivity contribution in [2.75, 3.05) is 32.8 Å². The fourth-order valence-electron chi connectivity index (χ4n) is 4.45. The third-order valence-electron chi connectivity index (χ3n) is 6.18. The number of hydrogen-bond donors (Lipinski definition) is 1. The van der Waals surface area contributed by atoms with Gasteiger partial charge in [-0.3, -0.25) is 4.79 Å². The van der Waals surface area contributed by atoms with Crippen molar-refractivity contribution in [1.29, 1.82) is 0 Å². The average Bonchev–Trinajstić information content (AvgIpc) is 3.38. The van der Waals surface area contributed by atoms with Gasteiger partial charge in [0.1, 0.15) is 5.75 Å². The summed E-state index contributed by atoms with van der Waals surface area (Å²) in [6.45, 7) is 1.82. The topological polar surface area (TPSA) is 87.2 Å². The molecule has 0 saturated carbocycles. The Kier molecular flexibility index (Phi) is 5.08. The maximum atomic E-state index is 13.2. The van der Waals surface area contributed by atoms with Crippen LogP contribution >= 0.6 is 0 Å². The normalized spacial score (nSPS) is 19.7. The van der Waals surface area contributed by atoms with Crippen molar-refractivity contribution in [2.24, 2.45) is 0 Å². The number of ether oxygens (including phenoxy) is 1. The van der Waals surface area contributed by atoms with Gasteiger partial charge in [-0.1, -0.05) is 36.4 Å². The van der Waals surface area contributed by atoms with Gasteiger partial charge < -0.3 is 14.7 Å². The number of nitrogens with zero attached hydrogens (tertiary/aromatic N) is 2. The SMILES string of the molecule is O=C([C@@H](O)c1ccccc1)N1CC2=C(C1)CN(S(=O)(=O)c1ccc3c(c1)OCCC3)C2. The van der Waals surface area contributed by atoms with Crippen molar-refractivity contribution >= 4 is 15.9 Å². The second-order valence-electron chi connectivity index (χ2n) is 8.21. The molecule has 1 N–H and O–H groups in total. The smallest absolute Gasteiger partial charge is 0.256 e. The molecule has 0 fully saturated rings. The molecule has 0 aromatic heterocycles. The summed E-state index contributed by atoms with van der Waals surface area (Å²) < 4.78 is 33.5. The molecular formula is C23H24N2O5S. The molecule has 3 aliphatic heterocycles. The third-order valence-corrected chi connectivity index (χ3v) is 7.97. The van der Waals surface area contributed by atoms with Gasteiger partial charge in [-0.15, -0.1) is 0 Å². The molecule has 0 saturated heterocycles. The maximum Gasteiger partial charge on any atom is 0.256 e. The van der Waals surface area contributed by atoms with E-state index < -0.39 is 16.1 Å². The van der Waals surface area contributed by atoms with E-state index in [9.17, 15) is 18.3 Å². The molecular weight excluding hydrogens is 416 g/mol. The van der Waals surface area contributed by atoms with E-state index in [-0.39, 0.29) is 23.9 Å². The monoisotopic (exact) mass is 440 g/mol. The van der Waals surface area contributed by atoms with Gasteiger partial charge in [0.15, 0.2) is 6.10 Å². The molecule has 5 rings (SSSR count). The van der Waals surface area contributed by atoms with E-state index in [1.165, 1.54) is 4.31 Å². The number of aliphatic hydroxyl groups excluding tert-OH is 1. The van der Waals surface area contributed by atoms with Crippen LogP contribution in [-0.4, -0.2) is 61.4 Å². The van der Waals surface area contributed by atoms with Gasteiger partial charge in [0.25, 0.3) is 5.91 Å². The highest BCUT2D eigenvalue weighted by Gasteiger charge is 2.39. The standard InChI is InChI=1S/C23H24N2O5S/c26-22(17-5-2-1-3-6-17)23(27)24-12-18-14-25(15-19(18)13-24)31(28,29)20-9-8-16-7-4-10-30-21(16)11-20/h1-3,5-6,8-9,11,22,26H,4,7,10,12-15H2/t22-/m0/s1. The predicted octanol–water partition coefficient (Wildman–Crippen LogP) is 1.89. The Morgan fingerprint density at radius 2 is 1.71 bits per heavy atom. The largest absolute Gasteiger partial charge is 0.493 e. The molecule has 1 atom stereocenters. The molecule has 1 amide bonds. The van der Waals surface area contributed by atoms with Crippen LogP contribution in [0.4, 0.5) is 0 Å². The number of carbonyl (C=O) groups excluding carboxylic acids is 1. The van der Waals surface area contributed by atoms with Gasteiger partial charge in [0.2, 0.25) is 10.0 Å². The lowest BCUT2D eigenvalue weighted by molar-refractivity contribution is -0.139. The number of rotatable bonds is 4. The number of benzene rings is 2. The zero-order valence-corrected chi connectivity index (χ0v) is 17.8. The summed E-state index contributed by atoms with van der Waals surface area (Å²) in [6.07, 6.45) is 0.626. The van der Waals surface area contributed by atoms with Crippen LogP contribution in [0.25, 0.3) is 0 Å². The van der Waals surface area contributed by atoms with Crippen LogP contribution in [-0.2, 0) is 21.2 Å². The lowest BCUT2D eigenvalue weighted by Crippen LogP contribution is -2.38. The first kappa shape index (κ1) is 20.2. The molecule has 2 aromatic rings. The molecule has 0 aliphatic carbocycles. The molecule has 31 heavy (non-hydrogen) atoms. The molecule has 3 aliphatic rings. The van der Waals surface area contributed by atoms with E-state index in [2.05, 4.69) is 0 Å². The van der Waals surface area contributed by atoms with Crippen molar-refractivity contribution in [1.82, 2.24) is 9.21 Å². The third kappa shape index (κ3) is 3.64. The Hall–Kier alpha value is -2.68. The van der Waals surface area contributed by atoms with Crippen LogP contribution < -0.4 is 4.74 Å². The summed E-state index contributed by atoms with van der Waals surface area (Å²) in [6, 6.07) is 13.9. The van der Waals surface area contributed by atoms with Crippen LogP contribution in [0.15, 0.2) is 64.6 Å². The highest BCUT2D eigenvalue weighted by atomic mass is 32.2. The van der Waals surface area contributed by atoms with Crippen LogP contribution in [0.3, 0.4) is 0 Å². The van der Waals surface area contributed by atoms with Gasteiger partial charge >= 0.3 is 0 Å². The Balaban J connectivity index is 1.26. The summed E-state index contributed by atoms with van der Waals surface area (Å²) in [7, 11) is -3.65. The Labute approximate surface area is 181 Å². The van der Waals surface area contributed by atoms with Crippen LogP contribution in [0.2, 0.25) is 0 Å². The van der Waals surface area contributed by atoms with Crippen LogP contribution in [0.1, 0.15) is 23.7 Å². The minimum absolute atomic E-state index is 0.238. The zero-order chi connectivity index (χ0) is 21.6. The first-order chi connectivity index (χ1) is 14.9. The van der Waals surface area contributed by atoms with Crippen molar-refractivity contribution in [3.8, 4) is 5.75 Å². The highest BCUT2D eigenvalue weighted by Crippen LogP contribution is 2.33. The van der Waals surface area contributed by atoms with Crippen molar-refractivity contribution < 1.29 is 23.1 Å². The fourth-order valence-corrected chi connectivity index (χ4v) is 5.90. The lowest BCUT2D eigenvalue weighted by atomic mass is 10.1. The van der Waals surface area contributed by atoms with Gasteiger partial charge in [-0.05, 0) is 41.2 Å². The number of carbonyl (C=O) groups is 1. The average molecular weight is 441 g/mol. The molecule has 0 spiro atoms. The van der Waals surface area contributed by atoms with E-state index >= 15 is 0 Å². The quantitative estimate of drug-likeness (QED) is 0.734. The van der Waals surface area contributed by atoms with E-state index in [0.29, 0.717) is 31.0 Å². The van der Waals surface area contributed by atoms with E-state index in [0.717, 1.165) is 29.6 Å². The van der Waals surface area contributed by atoms with Gasteiger partial charge in [-0.25, -0.2) is 8.42 Å². The predicted molar refractivity (Wildman–Crippen MR) is 114 cm³/mol. The minimum Gasteiger partial charge on any atom is -0.493 e. The highest BCUT2D eigenvalue weighted by molar-refractivity contribution is 7.89. The Morgan fingerprint density at radius 3 is 2.42 bits per heavy atom. The van der Waals surface area contributed by atoms with Gasteiger partial charge in [-0.2, -0.15) is 4.31 Å². The summed E-state index contributed by atoms with van der Waals surface area (Å²) in [5.41, 5.74) is 3.47. The van der Waals surface area contributed by atoms with Crippen LogP contribution in [0.5, 0.6) is 5.75 Å². The lowest BCUT2D eigenvalue weighted by Gasteiger charge is -2.25. The van der Waals surface area contributed by atoms with Gasteiger partial charge in [0.05, 0.1) is 11.5 Å². The first-order valence-corrected chi connectivity index (χ1v) is 11.8. The number of fused-ring (bicyclic) bond motifs is 1. The molecule has 0 radical (unpaired) electrons. The zero-order valence-electron chi connectivity index (χ0n) is 17.0. The number of hydrogen-bond acceptors (Lipinski definition) is 5. The first-order valence-electron chi connectivity index (χ1n) is 10.4. The van der Waals surface area contributed by atoms with E-state index in [4.69, 9.17) is 4.74 Å².